The molecule has 4 atom stereocenters. The zero-order valence-corrected chi connectivity index (χ0v) is 16.5. The first-order chi connectivity index (χ1) is 12.9. The molecule has 0 spiro atoms. The van der Waals surface area contributed by atoms with Crippen LogP contribution in [0.2, 0.25) is 0 Å². The average Bonchev–Trinajstić information content (AvgIpc) is 2.85. The van der Waals surface area contributed by atoms with Gasteiger partial charge in [-0.1, -0.05) is 30.3 Å². The number of β-lactam (4-membered cyclic amide) rings is 1. The van der Waals surface area contributed by atoms with E-state index in [1.165, 1.54) is 28.8 Å². The number of fused-ring (bicyclic) bond motifs is 1. The van der Waals surface area contributed by atoms with Gasteiger partial charge in [-0.25, -0.2) is 4.79 Å². The molecule has 0 bridgehead atoms. The molecule has 0 aliphatic carbocycles. The normalized spacial score (nSPS) is 26.0. The minimum absolute atomic E-state index is 0. The van der Waals surface area contributed by atoms with Crippen LogP contribution >= 0.6 is 11.8 Å². The van der Waals surface area contributed by atoms with E-state index in [4.69, 9.17) is 4.55 Å². The summed E-state index contributed by atoms with van der Waals surface area (Å²) in [7, 11) is -4.70. The number of nitrogens with one attached hydrogen (secondary N) is 2. The first-order valence-corrected chi connectivity index (χ1v) is 10.6. The molecule has 154 valence electrons. The van der Waals surface area contributed by atoms with Gasteiger partial charge in [0.15, 0.2) is 0 Å². The first kappa shape index (κ1) is 24.1. The number of amides is 2. The number of benzene rings is 1. The van der Waals surface area contributed by atoms with E-state index in [1.54, 1.807) is 32.0 Å². The van der Waals surface area contributed by atoms with Crippen molar-refractivity contribution in [1.29, 1.82) is 0 Å². The van der Waals surface area contributed by atoms with Crippen LogP contribution in [-0.4, -0.2) is 92.5 Å². The molecule has 1 aromatic carbocycles. The van der Waals surface area contributed by atoms with Crippen LogP contribution in [0.25, 0.3) is 0 Å². The molecule has 0 saturated carbocycles. The maximum absolute atomic E-state index is 12.7. The van der Waals surface area contributed by atoms with Crippen molar-refractivity contribution in [3.05, 3.63) is 35.9 Å². The number of thioether (sulfide) groups is 1. The van der Waals surface area contributed by atoms with Crippen LogP contribution in [0.1, 0.15) is 25.5 Å². The van der Waals surface area contributed by atoms with Gasteiger partial charge >= 0.3 is 45.8 Å². The molecule has 0 radical (unpaired) electrons. The summed E-state index contributed by atoms with van der Waals surface area (Å²) >= 11 is 1.25. The quantitative estimate of drug-likeness (QED) is 0.246. The topological polar surface area (TPSA) is 153 Å². The van der Waals surface area contributed by atoms with E-state index in [1.807, 2.05) is 4.72 Å². The second-order valence-electron chi connectivity index (χ2n) is 7.02. The molecule has 1 aromatic rings. The van der Waals surface area contributed by atoms with Crippen LogP contribution in [0.4, 0.5) is 0 Å². The number of carboxylic acids is 1. The Morgan fingerprint density at radius 2 is 1.83 bits per heavy atom. The van der Waals surface area contributed by atoms with Crippen LogP contribution < -0.4 is 10.0 Å². The number of hydrogen-bond acceptors (Lipinski definition) is 6. The van der Waals surface area contributed by atoms with Crippen molar-refractivity contribution in [2.24, 2.45) is 0 Å². The van der Waals surface area contributed by atoms with E-state index in [0.29, 0.717) is 0 Å². The Labute approximate surface area is 194 Å². The van der Waals surface area contributed by atoms with Crippen molar-refractivity contribution >= 4 is 69.4 Å². The second-order valence-corrected chi connectivity index (χ2v) is 9.98. The zero-order chi connectivity index (χ0) is 20.9. The van der Waals surface area contributed by atoms with E-state index < -0.39 is 56.3 Å². The molecule has 2 aliphatic heterocycles. The Balaban J connectivity index is 0.00000300. The Morgan fingerprint density at radius 3 is 2.34 bits per heavy atom. The maximum atomic E-state index is 12.7. The number of carbonyl (C=O) groups is 3. The number of nitrogens with zero attached hydrogens (tertiary/aromatic N) is 1. The summed E-state index contributed by atoms with van der Waals surface area (Å²) in [6.45, 7) is 3.40. The molecule has 13 heteroatoms. The predicted molar refractivity (Wildman–Crippen MR) is 107 cm³/mol. The minimum atomic E-state index is -4.70. The Bertz CT molecular complexity index is 926. The van der Waals surface area contributed by atoms with Gasteiger partial charge in [0.05, 0.1) is 0 Å². The SMILES string of the molecule is CC1(C)S[C@@H]2[C@H](NC(=O)[C@H](NS(=O)(=O)O)c3ccccc3)C(=O)N2[C@H]1C(=O)O.[NaH]. The van der Waals surface area contributed by atoms with Gasteiger partial charge in [-0.15, -0.1) is 11.8 Å². The Kier molecular flexibility index (Phi) is 7.10. The number of rotatable bonds is 6. The fraction of sp³-hybridized carbons (Fsp3) is 0.438. The van der Waals surface area contributed by atoms with Gasteiger partial charge in [-0.05, 0) is 19.4 Å². The van der Waals surface area contributed by atoms with Gasteiger partial charge in [-0.3, -0.25) is 14.1 Å². The van der Waals surface area contributed by atoms with E-state index in [0.717, 1.165) is 0 Å². The molecule has 2 amide bonds. The molecule has 2 fully saturated rings. The summed E-state index contributed by atoms with van der Waals surface area (Å²) in [6, 6.07) is 4.36. The third kappa shape index (κ3) is 4.79. The predicted octanol–water partition coefficient (Wildman–Crippen LogP) is -0.897. The van der Waals surface area contributed by atoms with E-state index in [9.17, 15) is 27.9 Å². The number of carboxylic acid groups (broad SMARTS) is 1. The summed E-state index contributed by atoms with van der Waals surface area (Å²) in [6.07, 6.45) is 0. The Hall–Kier alpha value is -1.15. The summed E-state index contributed by atoms with van der Waals surface area (Å²) < 4.78 is 32.7. The van der Waals surface area contributed by atoms with Crippen LogP contribution in [0.5, 0.6) is 0 Å². The molecular weight excluding hydrogens is 433 g/mol. The van der Waals surface area contributed by atoms with E-state index in [-0.39, 0.29) is 35.1 Å². The third-order valence-corrected chi connectivity index (χ3v) is 6.74. The summed E-state index contributed by atoms with van der Waals surface area (Å²) in [5.41, 5.74) is 0.268. The fourth-order valence-corrected chi connectivity index (χ4v) is 5.62. The van der Waals surface area contributed by atoms with Crippen molar-refractivity contribution in [2.45, 2.75) is 42.1 Å². The van der Waals surface area contributed by atoms with Crippen LogP contribution in [0.3, 0.4) is 0 Å². The van der Waals surface area contributed by atoms with Gasteiger partial charge in [0.25, 0.3) is 0 Å². The average molecular weight is 453 g/mol. The first-order valence-electron chi connectivity index (χ1n) is 8.25. The molecule has 2 saturated heterocycles. The van der Waals surface area contributed by atoms with Gasteiger partial charge < -0.3 is 15.3 Å². The zero-order valence-electron chi connectivity index (χ0n) is 14.9. The van der Waals surface area contributed by atoms with Crippen molar-refractivity contribution in [3.63, 3.8) is 0 Å². The summed E-state index contributed by atoms with van der Waals surface area (Å²) in [5, 5.41) is 11.3. The van der Waals surface area contributed by atoms with E-state index >= 15 is 0 Å². The molecule has 10 nitrogen and oxygen atoms in total. The number of carbonyl (C=O) groups excluding carboxylic acids is 2. The van der Waals surface area contributed by atoms with Gasteiger partial charge in [-0.2, -0.15) is 13.1 Å². The molecule has 2 heterocycles. The van der Waals surface area contributed by atoms with Gasteiger partial charge in [0.1, 0.15) is 23.5 Å². The summed E-state index contributed by atoms with van der Waals surface area (Å²) in [4.78, 5) is 37.9. The van der Waals surface area contributed by atoms with Crippen LogP contribution in [-0.2, 0) is 24.7 Å². The Morgan fingerprint density at radius 1 is 1.24 bits per heavy atom. The van der Waals surface area contributed by atoms with Crippen molar-refractivity contribution in [2.75, 3.05) is 0 Å². The monoisotopic (exact) mass is 453 g/mol. The molecule has 3 rings (SSSR count). The van der Waals surface area contributed by atoms with Crippen LogP contribution in [0, 0.1) is 0 Å². The molecule has 0 unspecified atom stereocenters. The fourth-order valence-electron chi connectivity index (χ4n) is 3.45. The molecule has 2 aliphatic rings. The molecule has 0 aromatic heterocycles. The van der Waals surface area contributed by atoms with Gasteiger partial charge in [0, 0.05) is 4.75 Å². The second kappa shape index (κ2) is 8.53. The van der Waals surface area contributed by atoms with Crippen molar-refractivity contribution in [3.8, 4) is 0 Å². The van der Waals surface area contributed by atoms with Crippen molar-refractivity contribution in [1.82, 2.24) is 14.9 Å². The number of aliphatic carboxylic acids is 1. The van der Waals surface area contributed by atoms with Crippen LogP contribution in [0.15, 0.2) is 30.3 Å². The van der Waals surface area contributed by atoms with Crippen molar-refractivity contribution < 1.29 is 32.5 Å². The third-order valence-electron chi connectivity index (χ3n) is 4.63. The standard InChI is InChI=1S/C16H19N3O7S2.Na.H/c1-16(2)11(15(22)23)19-13(21)10(14(19)27-16)17-12(20)9(18-28(24,25)26)8-6-4-3-5-7-8;;/h3-7,9-11,14,18H,1-2H3,(H,17,20)(H,22,23)(H,24,25,26);;/t9-,10-,11+,14-;;/m1../s1. The number of hydrogen-bond donors (Lipinski definition) is 4. The molecule has 29 heavy (non-hydrogen) atoms. The molecular formula is C16H20N3NaO7S2. The van der Waals surface area contributed by atoms with Gasteiger partial charge in [0.2, 0.25) is 11.8 Å². The van der Waals surface area contributed by atoms with E-state index in [2.05, 4.69) is 5.32 Å². The molecule has 4 N–H and O–H groups in total. The summed E-state index contributed by atoms with van der Waals surface area (Å²) in [5.74, 6) is -2.52.